The summed E-state index contributed by atoms with van der Waals surface area (Å²) in [6.45, 7) is 17.6. The Labute approximate surface area is 136 Å². The third kappa shape index (κ3) is 3.47. The zero-order valence-corrected chi connectivity index (χ0v) is 16.2. The molecule has 0 bridgehead atoms. The van der Waals surface area contributed by atoms with E-state index < -0.39 is 8.32 Å². The molecule has 0 saturated heterocycles. The summed E-state index contributed by atoms with van der Waals surface area (Å²) in [6, 6.07) is 6.55. The minimum atomic E-state index is -1.96. The number of rotatable bonds is 5. The summed E-state index contributed by atoms with van der Waals surface area (Å²) in [6.07, 6.45) is 0. The molecule has 0 fully saturated rings. The van der Waals surface area contributed by atoms with Gasteiger partial charge in [0.05, 0.1) is 0 Å². The number of hydrogen-bond acceptors (Lipinski definition) is 2. The number of nitrogens with zero attached hydrogens (tertiary/aromatic N) is 1. The smallest absolute Gasteiger partial charge is 0.337 e. The van der Waals surface area contributed by atoms with Crippen LogP contribution in [0, 0.1) is 25.1 Å². The van der Waals surface area contributed by atoms with Gasteiger partial charge in [-0.15, -0.1) is 0 Å². The molecule has 0 aliphatic rings. The molecule has 0 aromatic heterocycles. The molecule has 0 atom stereocenters. The maximum atomic E-state index is 10.5. The van der Waals surface area contributed by atoms with E-state index in [9.17, 15) is 5.21 Å². The van der Waals surface area contributed by atoms with Gasteiger partial charge < -0.3 is 9.63 Å². The largest absolute Gasteiger partial charge is 0.543 e. The highest BCUT2D eigenvalue weighted by Crippen LogP contribution is 2.43. The van der Waals surface area contributed by atoms with Crippen molar-refractivity contribution < 1.29 is 4.43 Å². The molecule has 1 rings (SSSR count). The fourth-order valence-electron chi connectivity index (χ4n) is 3.76. The number of aryl methyl sites for hydroxylation is 2. The fraction of sp³-hybridized carbons (Fsp3) is 0.611. The highest BCUT2D eigenvalue weighted by molar-refractivity contribution is 6.78. The Morgan fingerprint density at radius 2 is 1.36 bits per heavy atom. The van der Waals surface area contributed by atoms with Crippen molar-refractivity contribution in [1.29, 1.82) is 0 Å². The Morgan fingerprint density at radius 1 is 0.955 bits per heavy atom. The molecule has 1 aromatic carbocycles. The zero-order chi connectivity index (χ0) is 17.1. The number of hydrogen-bond donors (Lipinski definition) is 0. The van der Waals surface area contributed by atoms with Gasteiger partial charge in [0.2, 0.25) is 0 Å². The first kappa shape index (κ1) is 18.6. The molecule has 1 aromatic rings. The van der Waals surface area contributed by atoms with E-state index in [1.54, 1.807) is 0 Å². The maximum absolute atomic E-state index is 10.5. The van der Waals surface area contributed by atoms with Gasteiger partial charge in [-0.2, -0.15) is 0 Å². The molecule has 0 saturated carbocycles. The third-order valence-electron chi connectivity index (χ3n) is 4.67. The molecule has 0 N–H and O–H groups in total. The summed E-state index contributed by atoms with van der Waals surface area (Å²) < 4.78 is 6.68. The minimum Gasteiger partial charge on any atom is -0.543 e. The Hall–Kier alpha value is -1.47. The van der Waals surface area contributed by atoms with Crippen molar-refractivity contribution in [2.45, 2.75) is 72.0 Å². The van der Waals surface area contributed by atoms with Gasteiger partial charge >= 0.3 is 6.07 Å². The molecular formula is C18H29NO2Si. The summed E-state index contributed by atoms with van der Waals surface area (Å²) in [5.41, 5.74) is 4.32. The quantitative estimate of drug-likeness (QED) is 0.490. The number of benzene rings is 1. The lowest BCUT2D eigenvalue weighted by Gasteiger charge is -2.42. The summed E-state index contributed by atoms with van der Waals surface area (Å²) in [4.78, 5) is 0. The Morgan fingerprint density at radius 3 is 1.68 bits per heavy atom. The van der Waals surface area contributed by atoms with Crippen LogP contribution in [0.1, 0.15) is 58.2 Å². The second-order valence-corrected chi connectivity index (χ2v) is 12.4. The van der Waals surface area contributed by atoms with Crippen LogP contribution in [0.15, 0.2) is 12.1 Å². The normalized spacial score (nSPS) is 11.8. The second kappa shape index (κ2) is 7.19. The monoisotopic (exact) mass is 319 g/mol. The summed E-state index contributed by atoms with van der Waals surface area (Å²) in [5, 5.41) is 13.3. The summed E-state index contributed by atoms with van der Waals surface area (Å²) >= 11 is 0. The molecule has 0 aliphatic heterocycles. The maximum Gasteiger partial charge on any atom is 0.337 e. The van der Waals surface area contributed by atoms with Crippen molar-refractivity contribution in [1.82, 2.24) is 0 Å². The molecule has 0 spiro atoms. The van der Waals surface area contributed by atoms with Crippen molar-refractivity contribution >= 4 is 8.32 Å². The van der Waals surface area contributed by atoms with Crippen molar-refractivity contribution in [3.63, 3.8) is 0 Å². The average Bonchev–Trinajstić information content (AvgIpc) is 2.38. The van der Waals surface area contributed by atoms with E-state index in [-0.39, 0.29) is 0 Å². The van der Waals surface area contributed by atoms with Crippen LogP contribution in [0.3, 0.4) is 0 Å². The third-order valence-corrected chi connectivity index (χ3v) is 10.7. The lowest BCUT2D eigenvalue weighted by Crippen LogP contribution is -2.50. The second-order valence-electron chi connectivity index (χ2n) is 7.05. The van der Waals surface area contributed by atoms with Gasteiger partial charge in [0.25, 0.3) is 8.32 Å². The molecule has 3 nitrogen and oxygen atoms in total. The Bertz CT molecular complexity index is 538. The van der Waals surface area contributed by atoms with Crippen molar-refractivity contribution in [3.05, 3.63) is 39.0 Å². The Balaban J connectivity index is 3.33. The molecule has 122 valence electrons. The molecule has 0 amide bonds. The van der Waals surface area contributed by atoms with Gasteiger partial charge in [0.15, 0.2) is 0 Å². The molecule has 0 unspecified atom stereocenters. The van der Waals surface area contributed by atoms with E-state index in [2.05, 4.69) is 52.6 Å². The van der Waals surface area contributed by atoms with Crippen LogP contribution in [-0.4, -0.2) is 8.32 Å². The van der Waals surface area contributed by atoms with Crippen LogP contribution in [0.5, 0.6) is 5.75 Å². The molecule has 4 heteroatoms. The summed E-state index contributed by atoms with van der Waals surface area (Å²) in [5.74, 6) is 0.911. The average molecular weight is 320 g/mol. The molecule has 0 aliphatic carbocycles. The van der Waals surface area contributed by atoms with Crippen LogP contribution in [0.2, 0.25) is 16.6 Å². The van der Waals surface area contributed by atoms with Gasteiger partial charge in [-0.25, -0.2) is 0 Å². The Kier molecular flexibility index (Phi) is 6.07. The van der Waals surface area contributed by atoms with Crippen LogP contribution < -0.4 is 4.43 Å². The lowest BCUT2D eigenvalue weighted by atomic mass is 10.0. The molecule has 0 heterocycles. The van der Waals surface area contributed by atoms with E-state index in [1.165, 1.54) is 0 Å². The van der Waals surface area contributed by atoms with Crippen LogP contribution in [0.25, 0.3) is 5.01 Å². The zero-order valence-electron chi connectivity index (χ0n) is 15.2. The van der Waals surface area contributed by atoms with Crippen LogP contribution in [-0.2, 0) is 0 Å². The van der Waals surface area contributed by atoms with Crippen LogP contribution in [0.4, 0.5) is 0 Å². The van der Waals surface area contributed by atoms with Gasteiger partial charge in [-0.3, -0.25) is 0 Å². The topological polar surface area (TPSA) is 36.6 Å². The van der Waals surface area contributed by atoms with Gasteiger partial charge in [0, 0.05) is 5.01 Å². The fourth-order valence-corrected chi connectivity index (χ4v) is 9.00. The van der Waals surface area contributed by atoms with E-state index in [0.717, 1.165) is 22.4 Å². The van der Waals surface area contributed by atoms with Crippen LogP contribution >= 0.6 is 0 Å². The SMILES string of the molecule is Cc1cc(O[Si](C(C)C)(C(C)C)C(C)C)cc(C)c1C#[N+][O-]. The minimum absolute atomic E-state index is 0.530. The van der Waals surface area contributed by atoms with Crippen molar-refractivity contribution in [2.24, 2.45) is 0 Å². The first-order valence-electron chi connectivity index (χ1n) is 8.05. The van der Waals surface area contributed by atoms with Crippen molar-refractivity contribution in [2.75, 3.05) is 0 Å². The molecule has 22 heavy (non-hydrogen) atoms. The van der Waals surface area contributed by atoms with Gasteiger partial charge in [-0.1, -0.05) is 41.5 Å². The van der Waals surface area contributed by atoms with Gasteiger partial charge in [-0.05, 0) is 53.7 Å². The predicted molar refractivity (Wildman–Crippen MR) is 97.3 cm³/mol. The van der Waals surface area contributed by atoms with E-state index in [0.29, 0.717) is 16.6 Å². The first-order chi connectivity index (χ1) is 10.2. The first-order valence-corrected chi connectivity index (χ1v) is 10.2. The summed E-state index contributed by atoms with van der Waals surface area (Å²) in [7, 11) is -1.96. The van der Waals surface area contributed by atoms with E-state index in [1.807, 2.05) is 26.0 Å². The van der Waals surface area contributed by atoms with E-state index >= 15 is 0 Å². The predicted octanol–water partition coefficient (Wildman–Crippen LogP) is 6.04. The standard InChI is InChI=1S/C18H29NO2Si/c1-12(2)22(13(3)4,14(5)6)21-17-9-15(7)18(11-19-20)16(8)10-17/h9-10,12-14H,1-8H3. The van der Waals surface area contributed by atoms with E-state index in [4.69, 9.17) is 4.43 Å². The highest BCUT2D eigenvalue weighted by Gasteiger charge is 2.47. The molecular weight excluding hydrogens is 290 g/mol. The lowest BCUT2D eigenvalue weighted by molar-refractivity contribution is 0.479. The van der Waals surface area contributed by atoms with Crippen molar-refractivity contribution in [3.8, 4) is 11.8 Å². The highest BCUT2D eigenvalue weighted by atomic mass is 28.4. The van der Waals surface area contributed by atoms with Gasteiger partial charge in [0.1, 0.15) is 11.3 Å². The molecule has 0 radical (unpaired) electrons.